The highest BCUT2D eigenvalue weighted by molar-refractivity contribution is 8.13. The molecule has 0 spiro atoms. The Morgan fingerprint density at radius 3 is 2.79 bits per heavy atom. The number of ether oxygens (including phenoxy) is 2. The number of fused-ring (bicyclic) bond motifs is 1. The molecule has 2 aliphatic rings. The molecule has 2 atom stereocenters. The number of pyridine rings is 1. The Balaban J connectivity index is 1.65. The van der Waals surface area contributed by atoms with Gasteiger partial charge in [-0.3, -0.25) is 20.1 Å². The van der Waals surface area contributed by atoms with Crippen LogP contribution in [0.4, 0.5) is 14.9 Å². The largest absolute Gasteiger partial charge is 0.444 e. The van der Waals surface area contributed by atoms with Crippen LogP contribution in [0.3, 0.4) is 0 Å². The van der Waals surface area contributed by atoms with Gasteiger partial charge < -0.3 is 14.8 Å². The quantitative estimate of drug-likeness (QED) is 0.670. The number of carbonyl (C=O) groups is 2. The lowest BCUT2D eigenvalue weighted by molar-refractivity contribution is 0.00869. The molecule has 1 fully saturated rings. The molecule has 180 valence electrons. The van der Waals surface area contributed by atoms with Crippen molar-refractivity contribution < 1.29 is 23.5 Å². The summed E-state index contributed by atoms with van der Waals surface area (Å²) in [5.41, 5.74) is -0.560. The molecular formula is C24H27FN4O4S. The first kappa shape index (κ1) is 24.2. The summed E-state index contributed by atoms with van der Waals surface area (Å²) in [6.07, 6.45) is 1.35. The van der Waals surface area contributed by atoms with Crippen molar-refractivity contribution in [2.45, 2.75) is 38.3 Å². The van der Waals surface area contributed by atoms with Gasteiger partial charge in [-0.2, -0.15) is 0 Å². The minimum Gasteiger partial charge on any atom is -0.444 e. The molecule has 0 aliphatic carbocycles. The fourth-order valence-corrected chi connectivity index (χ4v) is 5.13. The van der Waals surface area contributed by atoms with Crippen LogP contribution in [0.15, 0.2) is 47.6 Å². The maximum absolute atomic E-state index is 15.2. The van der Waals surface area contributed by atoms with Crippen molar-refractivity contribution >= 4 is 34.6 Å². The first-order valence-corrected chi connectivity index (χ1v) is 12.0. The second kappa shape index (κ2) is 9.71. The predicted octanol–water partition coefficient (Wildman–Crippen LogP) is 4.33. The third-order valence-corrected chi connectivity index (χ3v) is 6.58. The number of halogens is 1. The molecule has 10 heteroatoms. The molecule has 8 nitrogen and oxygen atoms in total. The van der Waals surface area contributed by atoms with Gasteiger partial charge in [-0.25, -0.2) is 9.18 Å². The van der Waals surface area contributed by atoms with Gasteiger partial charge in [0.1, 0.15) is 17.1 Å². The maximum atomic E-state index is 15.2. The number of hydrogen-bond acceptors (Lipinski definition) is 7. The van der Waals surface area contributed by atoms with Gasteiger partial charge in [0.05, 0.1) is 12.1 Å². The second-order valence-electron chi connectivity index (χ2n) is 9.16. The van der Waals surface area contributed by atoms with E-state index in [0.29, 0.717) is 41.8 Å². The van der Waals surface area contributed by atoms with Crippen molar-refractivity contribution in [2.24, 2.45) is 10.9 Å². The van der Waals surface area contributed by atoms with Crippen molar-refractivity contribution in [3.05, 3.63) is 59.7 Å². The van der Waals surface area contributed by atoms with Gasteiger partial charge in [0, 0.05) is 42.1 Å². The summed E-state index contributed by atoms with van der Waals surface area (Å²) in [5, 5.41) is 5.85. The zero-order chi connectivity index (χ0) is 24.3. The molecule has 1 aromatic heterocycles. The van der Waals surface area contributed by atoms with Crippen LogP contribution in [0.1, 0.15) is 43.2 Å². The predicted molar refractivity (Wildman–Crippen MR) is 128 cm³/mol. The molecule has 1 aromatic carbocycles. The average Bonchev–Trinajstić information content (AvgIpc) is 2.79. The molecule has 4 rings (SSSR count). The van der Waals surface area contributed by atoms with E-state index < -0.39 is 29.0 Å². The zero-order valence-corrected chi connectivity index (χ0v) is 20.1. The van der Waals surface area contributed by atoms with E-state index in [1.165, 1.54) is 30.1 Å². The highest BCUT2D eigenvalue weighted by Gasteiger charge is 2.47. The molecule has 0 bridgehead atoms. The molecule has 2 aromatic rings. The van der Waals surface area contributed by atoms with Crippen LogP contribution >= 0.6 is 11.8 Å². The number of anilines is 1. The van der Waals surface area contributed by atoms with Gasteiger partial charge in [-0.05, 0) is 51.1 Å². The van der Waals surface area contributed by atoms with E-state index in [0.717, 1.165) is 0 Å². The van der Waals surface area contributed by atoms with Gasteiger partial charge in [0.25, 0.3) is 5.91 Å². The zero-order valence-electron chi connectivity index (χ0n) is 19.3. The number of carbonyl (C=O) groups excluding carboxylic acids is 2. The first-order chi connectivity index (χ1) is 16.2. The lowest BCUT2D eigenvalue weighted by atomic mass is 9.75. The lowest BCUT2D eigenvalue weighted by Gasteiger charge is -2.44. The van der Waals surface area contributed by atoms with Crippen LogP contribution < -0.4 is 10.6 Å². The van der Waals surface area contributed by atoms with Crippen LogP contribution in [0.5, 0.6) is 0 Å². The molecule has 34 heavy (non-hydrogen) atoms. The number of rotatable bonds is 3. The smallest absolute Gasteiger partial charge is 0.413 e. The molecule has 2 N–H and O–H groups in total. The Morgan fingerprint density at radius 1 is 1.24 bits per heavy atom. The summed E-state index contributed by atoms with van der Waals surface area (Å²) in [4.78, 5) is 33.8. The van der Waals surface area contributed by atoms with Crippen LogP contribution in [0.2, 0.25) is 0 Å². The lowest BCUT2D eigenvalue weighted by Crippen LogP contribution is -2.48. The van der Waals surface area contributed by atoms with E-state index in [1.54, 1.807) is 45.0 Å². The number of benzene rings is 1. The normalized spacial score (nSPS) is 22.2. The van der Waals surface area contributed by atoms with Gasteiger partial charge in [-0.1, -0.05) is 17.8 Å². The van der Waals surface area contributed by atoms with Gasteiger partial charge >= 0.3 is 6.09 Å². The Labute approximate surface area is 201 Å². The Hall–Kier alpha value is -2.98. The van der Waals surface area contributed by atoms with Crippen LogP contribution in [-0.4, -0.2) is 46.7 Å². The number of aliphatic imine (C=N–C) groups is 1. The number of hydrogen-bond donors (Lipinski definition) is 2. The molecule has 1 saturated heterocycles. The summed E-state index contributed by atoms with van der Waals surface area (Å²) in [7, 11) is 0. The summed E-state index contributed by atoms with van der Waals surface area (Å²) in [6, 6.07) is 9.48. The molecule has 2 aliphatic heterocycles. The molecular weight excluding hydrogens is 459 g/mol. The van der Waals surface area contributed by atoms with E-state index in [2.05, 4.69) is 15.6 Å². The van der Waals surface area contributed by atoms with Crippen molar-refractivity contribution in [3.63, 3.8) is 0 Å². The number of alkyl carbamates (subject to hydrolysis) is 1. The Morgan fingerprint density at radius 2 is 2.06 bits per heavy atom. The monoisotopic (exact) mass is 486 g/mol. The summed E-state index contributed by atoms with van der Waals surface area (Å²) in [6.45, 7) is 6.14. The highest BCUT2D eigenvalue weighted by atomic mass is 32.2. The SMILES string of the molecule is CC(C)(C)OC(=O)NC1=N[C@@]2(c3cc(NC(=O)c4ccccn4)ccc3F)CCOCC2CS1. The molecule has 2 amide bonds. The highest BCUT2D eigenvalue weighted by Crippen LogP contribution is 2.46. The van der Waals surface area contributed by atoms with Crippen LogP contribution in [-0.2, 0) is 15.0 Å². The second-order valence-corrected chi connectivity index (χ2v) is 10.2. The van der Waals surface area contributed by atoms with Crippen LogP contribution in [0, 0.1) is 11.7 Å². The number of nitrogens with one attached hydrogen (secondary N) is 2. The van der Waals surface area contributed by atoms with E-state index in [-0.39, 0.29) is 11.6 Å². The maximum Gasteiger partial charge on any atom is 0.413 e. The van der Waals surface area contributed by atoms with Gasteiger partial charge in [-0.15, -0.1) is 0 Å². The number of amidine groups is 1. The number of aromatic nitrogens is 1. The standard InChI is InChI=1S/C24H27FN4O4S/c1-23(2,3)33-22(31)28-21-29-24(9-11-32-13-15(24)14-34-21)17-12-16(7-8-18(17)25)27-20(30)19-6-4-5-10-26-19/h4-8,10,12,15H,9,11,13-14H2,1-3H3,(H,27,30)(H,28,29,31)/t15?,24-/m0/s1. The molecule has 3 heterocycles. The van der Waals surface area contributed by atoms with E-state index in [4.69, 9.17) is 14.5 Å². The van der Waals surface area contributed by atoms with E-state index in [1.807, 2.05) is 0 Å². The molecule has 0 radical (unpaired) electrons. The fourth-order valence-electron chi connectivity index (χ4n) is 4.02. The number of nitrogens with zero attached hydrogens (tertiary/aromatic N) is 2. The summed E-state index contributed by atoms with van der Waals surface area (Å²) < 4.78 is 26.3. The third kappa shape index (κ3) is 5.39. The Kier molecular flexibility index (Phi) is 6.90. The van der Waals surface area contributed by atoms with E-state index >= 15 is 4.39 Å². The summed E-state index contributed by atoms with van der Waals surface area (Å²) >= 11 is 1.37. The molecule has 1 unspecified atom stereocenters. The van der Waals surface area contributed by atoms with Crippen LogP contribution in [0.25, 0.3) is 0 Å². The van der Waals surface area contributed by atoms with Gasteiger partial charge in [0.15, 0.2) is 5.17 Å². The average molecular weight is 487 g/mol. The Bertz CT molecular complexity index is 1110. The summed E-state index contributed by atoms with van der Waals surface area (Å²) in [5.74, 6) is -0.352. The number of amides is 2. The minimum absolute atomic E-state index is 0.105. The number of thioether (sulfide) groups is 1. The third-order valence-electron chi connectivity index (χ3n) is 5.54. The first-order valence-electron chi connectivity index (χ1n) is 11.0. The minimum atomic E-state index is -0.941. The van der Waals surface area contributed by atoms with Crippen molar-refractivity contribution in [1.82, 2.24) is 10.3 Å². The fraction of sp³-hybridized carbons (Fsp3) is 0.417. The van der Waals surface area contributed by atoms with Crippen molar-refractivity contribution in [2.75, 3.05) is 24.3 Å². The topological polar surface area (TPSA) is 102 Å². The molecule has 0 saturated carbocycles. The van der Waals surface area contributed by atoms with E-state index in [9.17, 15) is 9.59 Å². The van der Waals surface area contributed by atoms with Crippen molar-refractivity contribution in [3.8, 4) is 0 Å². The van der Waals surface area contributed by atoms with Crippen molar-refractivity contribution in [1.29, 1.82) is 0 Å². The van der Waals surface area contributed by atoms with Gasteiger partial charge in [0.2, 0.25) is 0 Å².